The van der Waals surface area contributed by atoms with Crippen LogP contribution in [0.1, 0.15) is 71.8 Å². The molecule has 4 heterocycles. The summed E-state index contributed by atoms with van der Waals surface area (Å²) in [7, 11) is 1.59. The van der Waals surface area contributed by atoms with E-state index in [0.717, 1.165) is 19.4 Å². The van der Waals surface area contributed by atoms with E-state index in [1.807, 2.05) is 50.5 Å². The molecular formula is C31H46N4O5. The van der Waals surface area contributed by atoms with Gasteiger partial charge in [0.2, 0.25) is 0 Å². The highest BCUT2D eigenvalue weighted by Gasteiger charge is 2.63. The van der Waals surface area contributed by atoms with Gasteiger partial charge in [0.15, 0.2) is 0 Å². The van der Waals surface area contributed by atoms with Gasteiger partial charge in [0.1, 0.15) is 11.1 Å². The Morgan fingerprint density at radius 3 is 2.27 bits per heavy atom. The molecule has 4 aliphatic rings. The molecule has 0 N–H and O–H groups in total. The van der Waals surface area contributed by atoms with Crippen LogP contribution in [0.4, 0.5) is 9.59 Å². The van der Waals surface area contributed by atoms with Crippen molar-refractivity contribution < 1.29 is 23.9 Å². The first kappa shape index (κ1) is 28.9. The van der Waals surface area contributed by atoms with Gasteiger partial charge < -0.3 is 19.3 Å². The highest BCUT2D eigenvalue weighted by atomic mass is 16.6. The van der Waals surface area contributed by atoms with Crippen molar-refractivity contribution in [1.82, 2.24) is 19.6 Å². The quantitative estimate of drug-likeness (QED) is 0.467. The van der Waals surface area contributed by atoms with Crippen molar-refractivity contribution in [3.63, 3.8) is 0 Å². The van der Waals surface area contributed by atoms with E-state index in [9.17, 15) is 14.4 Å². The van der Waals surface area contributed by atoms with Crippen molar-refractivity contribution in [2.45, 2.75) is 95.5 Å². The maximum atomic E-state index is 13.9. The van der Waals surface area contributed by atoms with E-state index in [4.69, 9.17) is 9.47 Å². The number of carbonyl (C=O) groups is 3. The second-order valence-electron chi connectivity index (χ2n) is 13.4. The third-order valence-corrected chi connectivity index (χ3v) is 9.26. The van der Waals surface area contributed by atoms with Gasteiger partial charge in [0, 0.05) is 50.8 Å². The molecule has 5 rings (SSSR count). The summed E-state index contributed by atoms with van der Waals surface area (Å²) in [5, 5.41) is 0. The Bertz CT molecular complexity index is 1090. The molecule has 2 bridgehead atoms. The zero-order chi connectivity index (χ0) is 28.8. The molecule has 0 aromatic heterocycles. The van der Waals surface area contributed by atoms with E-state index in [1.54, 1.807) is 7.11 Å². The van der Waals surface area contributed by atoms with E-state index in [0.29, 0.717) is 39.1 Å². The number of fused-ring (bicyclic) bond motifs is 2. The van der Waals surface area contributed by atoms with Gasteiger partial charge in [-0.05, 0) is 71.8 Å². The van der Waals surface area contributed by atoms with Crippen LogP contribution in [0.3, 0.4) is 0 Å². The van der Waals surface area contributed by atoms with E-state index in [1.165, 1.54) is 10.5 Å². The third kappa shape index (κ3) is 5.22. The number of amides is 4. The predicted octanol–water partition coefficient (Wildman–Crippen LogP) is 4.32. The van der Waals surface area contributed by atoms with Gasteiger partial charge in [-0.15, -0.1) is 0 Å². The Kier molecular flexibility index (Phi) is 7.92. The van der Waals surface area contributed by atoms with Gasteiger partial charge in [-0.25, -0.2) is 9.59 Å². The summed E-state index contributed by atoms with van der Waals surface area (Å²) in [6.07, 6.45) is 3.12. The van der Waals surface area contributed by atoms with Gasteiger partial charge in [-0.3, -0.25) is 14.6 Å². The highest BCUT2D eigenvalue weighted by molar-refractivity contribution is 6.07. The largest absolute Gasteiger partial charge is 0.444 e. The summed E-state index contributed by atoms with van der Waals surface area (Å²) >= 11 is 0. The number of ether oxygens (including phenoxy) is 2. The van der Waals surface area contributed by atoms with Crippen molar-refractivity contribution >= 4 is 18.0 Å². The SMILES string of the molecule is COCCN1C(=O)N(C(C)C)C2(CC3CCC(C2)N3C[C@H]2CN(C(=O)OC(C)(C)C)C[C@@H]2c2ccccc2)C1=O. The van der Waals surface area contributed by atoms with Crippen LogP contribution in [-0.4, -0.2) is 107 Å². The molecule has 9 heteroatoms. The number of piperidine rings is 1. The fourth-order valence-corrected chi connectivity index (χ4v) is 7.72. The smallest absolute Gasteiger partial charge is 0.410 e. The standard InChI is InChI=1S/C31H46N4O5/c1-21(2)35-28(37)33(14-15-39-6)27(36)31(35)16-24-12-13-25(17-31)34(24)19-23-18-32(29(38)40-30(3,4)5)20-26(23)22-10-8-7-9-11-22/h7-11,21,23-26H,12-20H2,1-6H3/t23-,24?,25?,26-,31?/m1/s1. The molecule has 1 aromatic carbocycles. The fourth-order valence-electron chi connectivity index (χ4n) is 7.72. The van der Waals surface area contributed by atoms with Crippen molar-refractivity contribution in [2.75, 3.05) is 39.9 Å². The fraction of sp³-hybridized carbons (Fsp3) is 0.710. The normalized spacial score (nSPS) is 30.8. The van der Waals surface area contributed by atoms with E-state index >= 15 is 0 Å². The minimum absolute atomic E-state index is 0.0565. The van der Waals surface area contributed by atoms with Crippen LogP contribution in [-0.2, 0) is 14.3 Å². The predicted molar refractivity (Wildman–Crippen MR) is 152 cm³/mol. The van der Waals surface area contributed by atoms with Crippen molar-refractivity contribution in [3.05, 3.63) is 35.9 Å². The molecule has 9 nitrogen and oxygen atoms in total. The molecule has 0 saturated carbocycles. The Balaban J connectivity index is 1.36. The molecule has 0 radical (unpaired) electrons. The van der Waals surface area contributed by atoms with Gasteiger partial charge >= 0.3 is 12.1 Å². The number of imide groups is 1. The molecule has 4 saturated heterocycles. The topological polar surface area (TPSA) is 82.6 Å². The number of methoxy groups -OCH3 is 1. The van der Waals surface area contributed by atoms with E-state index < -0.39 is 11.1 Å². The van der Waals surface area contributed by atoms with Gasteiger partial charge in [-0.1, -0.05) is 30.3 Å². The van der Waals surface area contributed by atoms with Crippen LogP contribution >= 0.6 is 0 Å². The minimum Gasteiger partial charge on any atom is -0.444 e. The van der Waals surface area contributed by atoms with Crippen LogP contribution < -0.4 is 0 Å². The lowest BCUT2D eigenvalue weighted by Crippen LogP contribution is -2.62. The van der Waals surface area contributed by atoms with Crippen LogP contribution in [0.5, 0.6) is 0 Å². The number of urea groups is 1. The summed E-state index contributed by atoms with van der Waals surface area (Å²) in [4.78, 5) is 48.1. The number of rotatable bonds is 7. The Morgan fingerprint density at radius 2 is 1.70 bits per heavy atom. The molecule has 4 atom stereocenters. The number of hydrogen-bond donors (Lipinski definition) is 0. The van der Waals surface area contributed by atoms with Gasteiger partial charge in [0.05, 0.1) is 13.2 Å². The molecule has 0 aliphatic carbocycles. The third-order valence-electron chi connectivity index (χ3n) is 9.26. The second-order valence-corrected chi connectivity index (χ2v) is 13.4. The molecule has 40 heavy (non-hydrogen) atoms. The molecule has 1 aromatic rings. The summed E-state index contributed by atoms with van der Waals surface area (Å²) in [5.41, 5.74) is -0.0726. The van der Waals surface area contributed by atoms with E-state index in [2.05, 4.69) is 29.2 Å². The average molecular weight is 555 g/mol. The maximum absolute atomic E-state index is 13.9. The Morgan fingerprint density at radius 1 is 1.05 bits per heavy atom. The first-order valence-electron chi connectivity index (χ1n) is 14.9. The van der Waals surface area contributed by atoms with E-state index in [-0.39, 0.29) is 48.0 Å². The first-order chi connectivity index (χ1) is 18.9. The summed E-state index contributed by atoms with van der Waals surface area (Å²) in [6, 6.07) is 10.7. The van der Waals surface area contributed by atoms with Crippen LogP contribution in [0.25, 0.3) is 0 Å². The minimum atomic E-state index is -0.779. The van der Waals surface area contributed by atoms with Crippen LogP contribution in [0.2, 0.25) is 0 Å². The zero-order valence-corrected chi connectivity index (χ0v) is 25.0. The number of benzene rings is 1. The van der Waals surface area contributed by atoms with Crippen LogP contribution in [0, 0.1) is 5.92 Å². The lowest BCUT2D eigenvalue weighted by Gasteiger charge is -2.48. The maximum Gasteiger partial charge on any atom is 0.410 e. The molecule has 2 unspecified atom stereocenters. The van der Waals surface area contributed by atoms with Crippen molar-refractivity contribution in [1.29, 1.82) is 0 Å². The van der Waals surface area contributed by atoms with Gasteiger partial charge in [0.25, 0.3) is 5.91 Å². The van der Waals surface area contributed by atoms with Gasteiger partial charge in [-0.2, -0.15) is 0 Å². The number of nitrogens with zero attached hydrogens (tertiary/aromatic N) is 4. The number of likely N-dealkylation sites (tertiary alicyclic amines) is 1. The number of hydrogen-bond acceptors (Lipinski definition) is 6. The molecule has 1 spiro atoms. The lowest BCUT2D eigenvalue weighted by atomic mass is 9.79. The second kappa shape index (κ2) is 11.0. The summed E-state index contributed by atoms with van der Waals surface area (Å²) in [6.45, 7) is 12.5. The van der Waals surface area contributed by atoms with Crippen molar-refractivity contribution in [2.24, 2.45) is 5.92 Å². The molecular weight excluding hydrogens is 508 g/mol. The first-order valence-corrected chi connectivity index (χ1v) is 14.9. The molecule has 4 aliphatic heterocycles. The summed E-state index contributed by atoms with van der Waals surface area (Å²) < 4.78 is 10.9. The molecule has 4 fully saturated rings. The Labute approximate surface area is 238 Å². The Hall–Kier alpha value is -2.65. The molecule has 4 amide bonds. The monoisotopic (exact) mass is 554 g/mol. The van der Waals surface area contributed by atoms with Crippen molar-refractivity contribution in [3.8, 4) is 0 Å². The lowest BCUT2D eigenvalue weighted by molar-refractivity contribution is -0.138. The van der Waals surface area contributed by atoms with Crippen LogP contribution in [0.15, 0.2) is 30.3 Å². The highest BCUT2D eigenvalue weighted by Crippen LogP contribution is 2.49. The summed E-state index contributed by atoms with van der Waals surface area (Å²) in [5.74, 6) is 0.418. The average Bonchev–Trinajstić information content (AvgIpc) is 3.47. The number of carbonyl (C=O) groups excluding carboxylic acids is 3. The zero-order valence-electron chi connectivity index (χ0n) is 25.0. The molecule has 220 valence electrons.